The van der Waals surface area contributed by atoms with E-state index in [9.17, 15) is 0 Å². The molecule has 1 aliphatic heterocycles. The second-order valence-corrected chi connectivity index (χ2v) is 6.73. The molecule has 26 heavy (non-hydrogen) atoms. The third-order valence-corrected chi connectivity index (χ3v) is 4.86. The smallest absolute Gasteiger partial charge is 0.138 e. The van der Waals surface area contributed by atoms with Gasteiger partial charge in [-0.25, -0.2) is 0 Å². The van der Waals surface area contributed by atoms with Crippen molar-refractivity contribution in [3.8, 4) is 11.4 Å². The van der Waals surface area contributed by atoms with Crippen molar-refractivity contribution in [3.05, 3.63) is 83.7 Å². The highest BCUT2D eigenvalue weighted by Crippen LogP contribution is 2.29. The number of hydrogen-bond donors (Lipinski definition) is 0. The molecule has 1 atom stereocenters. The van der Waals surface area contributed by atoms with E-state index >= 15 is 0 Å². The monoisotopic (exact) mass is 348 g/mol. The summed E-state index contributed by atoms with van der Waals surface area (Å²) in [5, 5.41) is 0. The highest BCUT2D eigenvalue weighted by Gasteiger charge is 2.27. The highest BCUT2D eigenvalue weighted by molar-refractivity contribution is 5.39. The molecule has 2 aromatic carbocycles. The maximum absolute atomic E-state index is 6.03. The topological polar surface area (TPSA) is 26.6 Å². The van der Waals surface area contributed by atoms with Crippen LogP contribution in [0, 0.1) is 6.92 Å². The Morgan fingerprint density at radius 2 is 1.81 bits per heavy atom. The summed E-state index contributed by atoms with van der Waals surface area (Å²) >= 11 is 0. The number of hydrogen-bond acceptors (Lipinski definition) is 3. The summed E-state index contributed by atoms with van der Waals surface area (Å²) in [5.74, 6) is 0.865. The van der Waals surface area contributed by atoms with Gasteiger partial charge in [0.2, 0.25) is 0 Å². The maximum Gasteiger partial charge on any atom is 0.138 e. The lowest BCUT2D eigenvalue weighted by Crippen LogP contribution is -2.23. The Kier molecular flexibility index (Phi) is 4.78. The summed E-state index contributed by atoms with van der Waals surface area (Å²) in [6.07, 6.45) is 4.25. The molecule has 1 aromatic heterocycles. The van der Waals surface area contributed by atoms with Gasteiger partial charge in [0, 0.05) is 36.7 Å². The molecule has 0 amide bonds. The largest absolute Gasteiger partial charge is 0.497 e. The standard InChI is InChI=1S/C22H24N2O2/c1-17-3-5-18(6-4-17)15-24-13-14-26-22(24)19-11-12-23(16-19)20-7-9-21(25-2)10-8-20/h3-12,16,22H,13-15H2,1-2H3/t22-/m1/s1. The van der Waals surface area contributed by atoms with Gasteiger partial charge in [-0.3, -0.25) is 4.90 Å². The molecule has 4 rings (SSSR count). The van der Waals surface area contributed by atoms with Crippen LogP contribution >= 0.6 is 0 Å². The molecular formula is C22H24N2O2. The van der Waals surface area contributed by atoms with E-state index in [0.29, 0.717) is 0 Å². The van der Waals surface area contributed by atoms with Crippen molar-refractivity contribution in [1.29, 1.82) is 0 Å². The van der Waals surface area contributed by atoms with E-state index in [2.05, 4.69) is 71.2 Å². The van der Waals surface area contributed by atoms with Gasteiger partial charge in [-0.1, -0.05) is 29.8 Å². The maximum atomic E-state index is 6.03. The minimum absolute atomic E-state index is 0.0100. The first-order valence-electron chi connectivity index (χ1n) is 8.96. The van der Waals surface area contributed by atoms with E-state index in [0.717, 1.165) is 31.1 Å². The molecular weight excluding hydrogens is 324 g/mol. The molecule has 4 nitrogen and oxygen atoms in total. The van der Waals surface area contributed by atoms with Crippen LogP contribution in [0.2, 0.25) is 0 Å². The van der Waals surface area contributed by atoms with E-state index in [1.54, 1.807) is 7.11 Å². The Bertz CT molecular complexity index is 853. The van der Waals surface area contributed by atoms with Crippen molar-refractivity contribution in [3.63, 3.8) is 0 Å². The molecule has 1 saturated heterocycles. The lowest BCUT2D eigenvalue weighted by atomic mass is 10.1. The number of ether oxygens (including phenoxy) is 2. The molecule has 2 heterocycles. The summed E-state index contributed by atoms with van der Waals surface area (Å²) in [7, 11) is 1.68. The molecule has 4 heteroatoms. The lowest BCUT2D eigenvalue weighted by Gasteiger charge is -2.22. The van der Waals surface area contributed by atoms with Crippen LogP contribution < -0.4 is 4.74 Å². The minimum atomic E-state index is 0.0100. The first-order chi connectivity index (χ1) is 12.7. The van der Waals surface area contributed by atoms with Crippen LogP contribution in [0.15, 0.2) is 67.0 Å². The summed E-state index contributed by atoms with van der Waals surface area (Å²) in [5.41, 5.74) is 4.91. The number of nitrogens with zero attached hydrogens (tertiary/aromatic N) is 2. The second kappa shape index (κ2) is 7.36. The molecule has 1 aliphatic rings. The molecule has 0 spiro atoms. The zero-order valence-corrected chi connectivity index (χ0v) is 15.3. The molecule has 0 aliphatic carbocycles. The van der Waals surface area contributed by atoms with E-state index in [1.165, 1.54) is 16.7 Å². The van der Waals surface area contributed by atoms with Crippen LogP contribution in [0.3, 0.4) is 0 Å². The van der Waals surface area contributed by atoms with Gasteiger partial charge in [-0.15, -0.1) is 0 Å². The molecule has 0 saturated carbocycles. The van der Waals surface area contributed by atoms with Crippen LogP contribution in [0.25, 0.3) is 5.69 Å². The minimum Gasteiger partial charge on any atom is -0.497 e. The van der Waals surface area contributed by atoms with Crippen molar-refractivity contribution in [2.45, 2.75) is 19.7 Å². The van der Waals surface area contributed by atoms with Crippen LogP contribution in [-0.4, -0.2) is 29.7 Å². The highest BCUT2D eigenvalue weighted by atomic mass is 16.5. The average molecular weight is 348 g/mol. The van der Waals surface area contributed by atoms with Crippen molar-refractivity contribution < 1.29 is 9.47 Å². The van der Waals surface area contributed by atoms with Crippen molar-refractivity contribution >= 4 is 0 Å². The van der Waals surface area contributed by atoms with E-state index in [4.69, 9.17) is 9.47 Å². The molecule has 0 N–H and O–H groups in total. The zero-order chi connectivity index (χ0) is 17.9. The normalized spacial score (nSPS) is 17.5. The average Bonchev–Trinajstić information content (AvgIpc) is 3.33. The molecule has 134 valence electrons. The van der Waals surface area contributed by atoms with Crippen molar-refractivity contribution in [2.75, 3.05) is 20.3 Å². The summed E-state index contributed by atoms with van der Waals surface area (Å²) in [4.78, 5) is 2.39. The van der Waals surface area contributed by atoms with Gasteiger partial charge in [0.15, 0.2) is 0 Å². The van der Waals surface area contributed by atoms with E-state index in [-0.39, 0.29) is 6.23 Å². The van der Waals surface area contributed by atoms with Gasteiger partial charge >= 0.3 is 0 Å². The predicted octanol–water partition coefficient (Wildman–Crippen LogP) is 4.33. The summed E-state index contributed by atoms with van der Waals surface area (Å²) < 4.78 is 13.4. The van der Waals surface area contributed by atoms with E-state index < -0.39 is 0 Å². The summed E-state index contributed by atoms with van der Waals surface area (Å²) in [6.45, 7) is 4.74. The Labute approximate surface area is 154 Å². The van der Waals surface area contributed by atoms with Crippen LogP contribution in [-0.2, 0) is 11.3 Å². The number of methoxy groups -OCH3 is 1. The van der Waals surface area contributed by atoms with Gasteiger partial charge in [-0.2, -0.15) is 0 Å². The molecule has 3 aromatic rings. The van der Waals surface area contributed by atoms with E-state index in [1.807, 2.05) is 12.1 Å². The van der Waals surface area contributed by atoms with Gasteiger partial charge in [-0.05, 0) is 42.8 Å². The fourth-order valence-corrected chi connectivity index (χ4v) is 3.38. The van der Waals surface area contributed by atoms with Gasteiger partial charge in [0.25, 0.3) is 0 Å². The number of aryl methyl sites for hydroxylation is 1. The molecule has 0 bridgehead atoms. The number of rotatable bonds is 5. The number of aromatic nitrogens is 1. The second-order valence-electron chi connectivity index (χ2n) is 6.73. The SMILES string of the molecule is COc1ccc(-n2ccc([C@H]3OCCN3Cc3ccc(C)cc3)c2)cc1. The molecule has 1 fully saturated rings. The number of benzene rings is 2. The van der Waals surface area contributed by atoms with Crippen molar-refractivity contribution in [2.24, 2.45) is 0 Å². The Hall–Kier alpha value is -2.56. The van der Waals surface area contributed by atoms with Crippen LogP contribution in [0.4, 0.5) is 0 Å². The third-order valence-electron chi connectivity index (χ3n) is 4.86. The van der Waals surface area contributed by atoms with Crippen molar-refractivity contribution in [1.82, 2.24) is 9.47 Å². The Morgan fingerprint density at radius 3 is 2.54 bits per heavy atom. The van der Waals surface area contributed by atoms with Crippen LogP contribution in [0.5, 0.6) is 5.75 Å². The Balaban J connectivity index is 1.51. The fourth-order valence-electron chi connectivity index (χ4n) is 3.38. The lowest BCUT2D eigenvalue weighted by molar-refractivity contribution is 0.0288. The van der Waals surface area contributed by atoms with Gasteiger partial charge in [0.1, 0.15) is 12.0 Å². The first-order valence-corrected chi connectivity index (χ1v) is 8.96. The first kappa shape index (κ1) is 16.9. The zero-order valence-electron chi connectivity index (χ0n) is 15.3. The quantitative estimate of drug-likeness (QED) is 0.687. The Morgan fingerprint density at radius 1 is 1.04 bits per heavy atom. The molecule has 0 unspecified atom stereocenters. The predicted molar refractivity (Wildman–Crippen MR) is 103 cm³/mol. The van der Waals surface area contributed by atoms with Gasteiger partial charge in [0.05, 0.1) is 13.7 Å². The van der Waals surface area contributed by atoms with Crippen LogP contribution in [0.1, 0.15) is 22.9 Å². The third kappa shape index (κ3) is 3.52. The fraction of sp³-hybridized carbons (Fsp3) is 0.273. The van der Waals surface area contributed by atoms with Gasteiger partial charge < -0.3 is 14.0 Å². The summed E-state index contributed by atoms with van der Waals surface area (Å²) in [6, 6.07) is 19.0. The molecule has 0 radical (unpaired) electrons.